The molecule has 1 amide bonds. The molecular formula is C22H26ClNO9. The maximum absolute atomic E-state index is 13.3. The van der Waals surface area contributed by atoms with Gasteiger partial charge >= 0.3 is 23.9 Å². The first-order valence-electron chi connectivity index (χ1n) is 10.2. The third-order valence-electron chi connectivity index (χ3n) is 4.81. The van der Waals surface area contributed by atoms with Crippen LogP contribution in [0.3, 0.4) is 0 Å². The van der Waals surface area contributed by atoms with Crippen LogP contribution < -0.4 is 0 Å². The number of halogens is 1. The zero-order valence-electron chi connectivity index (χ0n) is 18.7. The molecule has 180 valence electrons. The number of amides is 1. The van der Waals surface area contributed by atoms with Crippen molar-refractivity contribution in [2.75, 3.05) is 13.2 Å². The van der Waals surface area contributed by atoms with Crippen molar-refractivity contribution in [2.24, 2.45) is 0 Å². The number of carbonyl (C=O) groups excluding carboxylic acids is 5. The fraction of sp³-hybridized carbons (Fsp3) is 0.500. The molecule has 0 radical (unpaired) electrons. The predicted octanol–water partition coefficient (Wildman–Crippen LogP) is 1.45. The van der Waals surface area contributed by atoms with E-state index in [1.807, 2.05) is 0 Å². The molecule has 1 aliphatic heterocycles. The van der Waals surface area contributed by atoms with Crippen molar-refractivity contribution in [3.8, 4) is 0 Å². The Morgan fingerprint density at radius 2 is 1.39 bits per heavy atom. The molecule has 0 N–H and O–H groups in total. The SMILES string of the molecule is CC(=O)OC[C@@H]1[C@@H](OC(C)=O)[C@H](OC(C)=O)[C@@H](OC(C)=O)CN1C(=O)Cc1ccc(Cl)cc1. The van der Waals surface area contributed by atoms with Gasteiger partial charge in [-0.2, -0.15) is 0 Å². The minimum atomic E-state index is -1.25. The van der Waals surface area contributed by atoms with E-state index in [1.54, 1.807) is 24.3 Å². The number of nitrogens with zero attached hydrogens (tertiary/aromatic N) is 1. The smallest absolute Gasteiger partial charge is 0.303 e. The molecule has 0 aliphatic carbocycles. The molecule has 1 aromatic rings. The van der Waals surface area contributed by atoms with Gasteiger partial charge in [-0.05, 0) is 17.7 Å². The molecule has 11 heteroatoms. The van der Waals surface area contributed by atoms with Crippen molar-refractivity contribution < 1.29 is 42.9 Å². The minimum absolute atomic E-state index is 0.0500. The molecule has 0 aromatic heterocycles. The van der Waals surface area contributed by atoms with Crippen LogP contribution in [0, 0.1) is 0 Å². The molecule has 2 rings (SSSR count). The van der Waals surface area contributed by atoms with Gasteiger partial charge in [0.15, 0.2) is 18.3 Å². The van der Waals surface area contributed by atoms with Crippen LogP contribution in [-0.4, -0.2) is 72.2 Å². The van der Waals surface area contributed by atoms with Gasteiger partial charge in [-0.1, -0.05) is 23.7 Å². The Bertz CT molecular complexity index is 902. The molecule has 1 fully saturated rings. The first-order chi connectivity index (χ1) is 15.5. The van der Waals surface area contributed by atoms with Gasteiger partial charge in [-0.3, -0.25) is 24.0 Å². The van der Waals surface area contributed by atoms with E-state index in [0.717, 1.165) is 20.8 Å². The van der Waals surface area contributed by atoms with Gasteiger partial charge in [0.05, 0.1) is 13.0 Å². The quantitative estimate of drug-likeness (QED) is 0.418. The Hall–Kier alpha value is -3.14. The van der Waals surface area contributed by atoms with E-state index in [9.17, 15) is 24.0 Å². The highest BCUT2D eigenvalue weighted by atomic mass is 35.5. The van der Waals surface area contributed by atoms with E-state index in [1.165, 1.54) is 11.8 Å². The minimum Gasteiger partial charge on any atom is -0.464 e. The summed E-state index contributed by atoms with van der Waals surface area (Å²) in [6.45, 7) is 4.14. The Balaban J connectivity index is 2.45. The molecule has 1 aromatic carbocycles. The number of piperidine rings is 1. The molecule has 0 spiro atoms. The van der Waals surface area contributed by atoms with Gasteiger partial charge in [0.25, 0.3) is 0 Å². The molecule has 0 unspecified atom stereocenters. The van der Waals surface area contributed by atoms with Crippen LogP contribution in [-0.2, 0) is 49.3 Å². The highest BCUT2D eigenvalue weighted by molar-refractivity contribution is 6.30. The van der Waals surface area contributed by atoms with Gasteiger partial charge in [0.2, 0.25) is 5.91 Å². The van der Waals surface area contributed by atoms with E-state index in [-0.39, 0.29) is 19.6 Å². The van der Waals surface area contributed by atoms with Crippen LogP contribution in [0.5, 0.6) is 0 Å². The Labute approximate surface area is 196 Å². The molecule has 1 saturated heterocycles. The zero-order valence-corrected chi connectivity index (χ0v) is 19.5. The lowest BCUT2D eigenvalue weighted by molar-refractivity contribution is -0.208. The predicted molar refractivity (Wildman–Crippen MR) is 114 cm³/mol. The second kappa shape index (κ2) is 11.6. The van der Waals surface area contributed by atoms with Crippen LogP contribution in [0.2, 0.25) is 5.02 Å². The first-order valence-corrected chi connectivity index (χ1v) is 10.5. The van der Waals surface area contributed by atoms with Crippen molar-refractivity contribution in [3.05, 3.63) is 34.9 Å². The van der Waals surface area contributed by atoms with E-state index in [2.05, 4.69) is 0 Å². The van der Waals surface area contributed by atoms with Gasteiger partial charge in [-0.25, -0.2) is 0 Å². The average molecular weight is 484 g/mol. The average Bonchev–Trinajstić information content (AvgIpc) is 2.69. The fourth-order valence-electron chi connectivity index (χ4n) is 3.58. The van der Waals surface area contributed by atoms with Crippen molar-refractivity contribution in [3.63, 3.8) is 0 Å². The van der Waals surface area contributed by atoms with Gasteiger partial charge in [0, 0.05) is 32.7 Å². The van der Waals surface area contributed by atoms with E-state index < -0.39 is 54.1 Å². The second-order valence-electron chi connectivity index (χ2n) is 7.52. The van der Waals surface area contributed by atoms with E-state index in [0.29, 0.717) is 10.6 Å². The lowest BCUT2D eigenvalue weighted by Gasteiger charge is -2.46. The Morgan fingerprint density at radius 1 is 0.848 bits per heavy atom. The van der Waals surface area contributed by atoms with Gasteiger partial charge in [-0.15, -0.1) is 0 Å². The highest BCUT2D eigenvalue weighted by Gasteiger charge is 2.51. The van der Waals surface area contributed by atoms with Gasteiger partial charge in [0.1, 0.15) is 12.6 Å². The standard InChI is InChI=1S/C22H26ClNO9/c1-12(25)30-11-18-21(32-14(3)27)22(33-15(4)28)19(31-13(2)26)10-24(18)20(29)9-16-5-7-17(23)8-6-16/h5-8,18-19,21-22H,9-11H2,1-4H3/t18-,19+,21-,22-/m1/s1. The summed E-state index contributed by atoms with van der Waals surface area (Å²) in [6, 6.07) is 5.64. The summed E-state index contributed by atoms with van der Waals surface area (Å²) < 4.78 is 21.2. The summed E-state index contributed by atoms with van der Waals surface area (Å²) in [4.78, 5) is 61.4. The first kappa shape index (κ1) is 26.1. The monoisotopic (exact) mass is 483 g/mol. The summed E-state index contributed by atoms with van der Waals surface area (Å²) in [6.07, 6.45) is -3.63. The summed E-state index contributed by atoms with van der Waals surface area (Å²) in [5.41, 5.74) is 0.658. The second-order valence-corrected chi connectivity index (χ2v) is 7.95. The normalized spacial score (nSPS) is 22.2. The largest absolute Gasteiger partial charge is 0.464 e. The molecular weight excluding hydrogens is 458 g/mol. The number of hydrogen-bond acceptors (Lipinski definition) is 9. The van der Waals surface area contributed by atoms with Crippen LogP contribution >= 0.6 is 11.6 Å². The molecule has 33 heavy (non-hydrogen) atoms. The number of carbonyl (C=O) groups is 5. The summed E-state index contributed by atoms with van der Waals surface area (Å²) in [5, 5.41) is 0.506. The third kappa shape index (κ3) is 7.74. The van der Waals surface area contributed by atoms with Crippen molar-refractivity contribution in [1.82, 2.24) is 4.90 Å². The summed E-state index contributed by atoms with van der Waals surface area (Å²) in [7, 11) is 0. The lowest BCUT2D eigenvalue weighted by Crippen LogP contribution is -2.66. The van der Waals surface area contributed by atoms with Crippen LogP contribution in [0.25, 0.3) is 0 Å². The van der Waals surface area contributed by atoms with Crippen LogP contribution in [0.4, 0.5) is 0 Å². The number of ether oxygens (including phenoxy) is 4. The number of esters is 4. The van der Waals surface area contributed by atoms with Crippen molar-refractivity contribution in [2.45, 2.75) is 58.5 Å². The third-order valence-corrected chi connectivity index (χ3v) is 5.07. The molecule has 0 saturated carbocycles. The number of benzene rings is 1. The Kier molecular flexibility index (Phi) is 9.22. The van der Waals surface area contributed by atoms with Crippen molar-refractivity contribution >= 4 is 41.4 Å². The van der Waals surface area contributed by atoms with Crippen molar-refractivity contribution in [1.29, 1.82) is 0 Å². The fourth-order valence-corrected chi connectivity index (χ4v) is 3.71. The Morgan fingerprint density at radius 3 is 1.91 bits per heavy atom. The van der Waals surface area contributed by atoms with Crippen LogP contribution in [0.15, 0.2) is 24.3 Å². The zero-order chi connectivity index (χ0) is 24.7. The maximum Gasteiger partial charge on any atom is 0.303 e. The lowest BCUT2D eigenvalue weighted by atomic mass is 9.92. The molecule has 1 aliphatic rings. The van der Waals surface area contributed by atoms with Gasteiger partial charge < -0.3 is 23.8 Å². The molecule has 0 bridgehead atoms. The number of hydrogen-bond donors (Lipinski definition) is 0. The van der Waals surface area contributed by atoms with E-state index in [4.69, 9.17) is 30.5 Å². The molecule has 10 nitrogen and oxygen atoms in total. The van der Waals surface area contributed by atoms with Crippen LogP contribution in [0.1, 0.15) is 33.3 Å². The summed E-state index contributed by atoms with van der Waals surface area (Å²) >= 11 is 5.90. The maximum atomic E-state index is 13.3. The molecule has 4 atom stereocenters. The summed E-state index contributed by atoms with van der Waals surface area (Å²) in [5.74, 6) is -3.14. The number of rotatable bonds is 7. The highest BCUT2D eigenvalue weighted by Crippen LogP contribution is 2.28. The molecule has 1 heterocycles. The topological polar surface area (TPSA) is 126 Å². The number of likely N-dealkylation sites (tertiary alicyclic amines) is 1. The van der Waals surface area contributed by atoms with E-state index >= 15 is 0 Å².